The lowest BCUT2D eigenvalue weighted by molar-refractivity contribution is 0.0666. The van der Waals surface area contributed by atoms with Gasteiger partial charge in [0.2, 0.25) is 0 Å². The Bertz CT molecular complexity index is 356. The Morgan fingerprint density at radius 3 is 2.88 bits per heavy atom. The zero-order valence-electron chi connectivity index (χ0n) is 9.19. The summed E-state index contributed by atoms with van der Waals surface area (Å²) >= 11 is 0. The number of hydrogen-bond acceptors (Lipinski definition) is 3. The van der Waals surface area contributed by atoms with E-state index >= 15 is 0 Å². The van der Waals surface area contributed by atoms with Crippen molar-refractivity contribution in [3.05, 3.63) is 18.2 Å². The second-order valence-electron chi connectivity index (χ2n) is 3.47. The van der Waals surface area contributed by atoms with Gasteiger partial charge in [-0.3, -0.25) is 8.78 Å². The summed E-state index contributed by atoms with van der Waals surface area (Å²) in [4.78, 5) is 3.82. The third kappa shape index (κ3) is 3.64. The molecule has 1 aromatic heterocycles. The molecule has 0 radical (unpaired) electrons. The molecule has 0 aromatic carbocycles. The van der Waals surface area contributed by atoms with Gasteiger partial charge in [-0.05, 0) is 6.92 Å². The van der Waals surface area contributed by atoms with E-state index in [9.17, 15) is 13.0 Å². The van der Waals surface area contributed by atoms with E-state index < -0.39 is 17.3 Å². The van der Waals surface area contributed by atoms with Gasteiger partial charge in [-0.1, -0.05) is 0 Å². The minimum absolute atomic E-state index is 0.00466. The molecule has 0 spiro atoms. The van der Waals surface area contributed by atoms with Crippen molar-refractivity contribution in [1.29, 1.82) is 0 Å². The molecule has 1 rings (SSSR count). The Hall–Kier alpha value is -0.820. The molecular formula is C9H15F2N3OS. The third-order valence-electron chi connectivity index (χ3n) is 2.24. The molecular weight excluding hydrogens is 236 g/mol. The topological polar surface area (TPSA) is 46.9 Å². The average molecular weight is 251 g/mol. The molecule has 2 unspecified atom stereocenters. The van der Waals surface area contributed by atoms with Crippen LogP contribution in [0.2, 0.25) is 0 Å². The maximum Gasteiger partial charge on any atom is 0.319 e. The summed E-state index contributed by atoms with van der Waals surface area (Å²) in [6.45, 7) is 0.0258. The highest BCUT2D eigenvalue weighted by atomic mass is 32.2. The molecule has 0 fully saturated rings. The number of alkyl halides is 2. The van der Waals surface area contributed by atoms with Gasteiger partial charge in [0, 0.05) is 41.2 Å². The van der Waals surface area contributed by atoms with Crippen molar-refractivity contribution in [3.63, 3.8) is 0 Å². The van der Waals surface area contributed by atoms with Crippen LogP contribution in [0.1, 0.15) is 19.3 Å². The summed E-state index contributed by atoms with van der Waals surface area (Å²) < 4.78 is 36.7. The van der Waals surface area contributed by atoms with Gasteiger partial charge in [0.25, 0.3) is 0 Å². The van der Waals surface area contributed by atoms with Crippen molar-refractivity contribution in [2.24, 2.45) is 0 Å². The van der Waals surface area contributed by atoms with E-state index in [1.165, 1.54) is 12.4 Å². The fourth-order valence-corrected chi connectivity index (χ4v) is 1.52. The Morgan fingerprint density at radius 1 is 1.62 bits per heavy atom. The Morgan fingerprint density at radius 2 is 2.31 bits per heavy atom. The summed E-state index contributed by atoms with van der Waals surface area (Å²) in [6.07, 6.45) is 4.19. The number of imidazole rings is 1. The lowest BCUT2D eigenvalue weighted by atomic mass is 10.4. The lowest BCUT2D eigenvalue weighted by Crippen LogP contribution is -2.28. The highest BCUT2D eigenvalue weighted by Gasteiger charge is 2.11. The third-order valence-corrected chi connectivity index (χ3v) is 3.54. The first kappa shape index (κ1) is 13.2. The van der Waals surface area contributed by atoms with Crippen molar-refractivity contribution >= 4 is 10.8 Å². The zero-order valence-corrected chi connectivity index (χ0v) is 10.0. The molecule has 0 aliphatic rings. The first-order valence-corrected chi connectivity index (χ1v) is 6.47. The van der Waals surface area contributed by atoms with Crippen molar-refractivity contribution in [1.82, 2.24) is 14.9 Å². The number of nitrogens with one attached hydrogen (secondary N) is 1. The second kappa shape index (κ2) is 6.05. The molecule has 1 heterocycles. The molecule has 2 atom stereocenters. The van der Waals surface area contributed by atoms with Crippen LogP contribution in [-0.2, 0) is 17.3 Å². The van der Waals surface area contributed by atoms with Gasteiger partial charge < -0.3 is 5.32 Å². The van der Waals surface area contributed by atoms with Gasteiger partial charge in [-0.2, -0.15) is 8.78 Å². The maximum atomic E-state index is 12.4. The van der Waals surface area contributed by atoms with Crippen LogP contribution in [0.3, 0.4) is 0 Å². The van der Waals surface area contributed by atoms with Crippen LogP contribution in [0.4, 0.5) is 8.78 Å². The number of halogens is 2. The molecule has 92 valence electrons. The van der Waals surface area contributed by atoms with Crippen molar-refractivity contribution < 1.29 is 13.0 Å². The van der Waals surface area contributed by atoms with Gasteiger partial charge in [0.1, 0.15) is 5.82 Å². The molecule has 0 aliphatic carbocycles. The van der Waals surface area contributed by atoms with Gasteiger partial charge in [-0.25, -0.2) is 4.98 Å². The molecule has 0 amide bonds. The lowest BCUT2D eigenvalue weighted by Gasteiger charge is -2.10. The largest absolute Gasteiger partial charge is 0.319 e. The van der Waals surface area contributed by atoms with E-state index in [0.717, 1.165) is 4.57 Å². The van der Waals surface area contributed by atoms with Crippen LogP contribution in [0.25, 0.3) is 0 Å². The Labute approximate surface area is 95.5 Å². The van der Waals surface area contributed by atoms with Gasteiger partial charge in [-0.15, -0.1) is 0 Å². The van der Waals surface area contributed by atoms with Crippen molar-refractivity contribution in [2.45, 2.75) is 25.3 Å². The average Bonchev–Trinajstić information content (AvgIpc) is 2.65. The van der Waals surface area contributed by atoms with E-state index in [4.69, 9.17) is 0 Å². The molecule has 0 saturated carbocycles. The summed E-state index contributed by atoms with van der Waals surface area (Å²) in [5, 5.41) is 2.95. The van der Waals surface area contributed by atoms with E-state index in [0.29, 0.717) is 6.54 Å². The molecule has 0 bridgehead atoms. The molecule has 16 heavy (non-hydrogen) atoms. The van der Waals surface area contributed by atoms with Crippen LogP contribution >= 0.6 is 0 Å². The first-order chi connectivity index (χ1) is 7.52. The maximum absolute atomic E-state index is 12.4. The predicted molar refractivity (Wildman–Crippen MR) is 58.7 cm³/mol. The number of nitrogens with zero attached hydrogens (tertiary/aromatic N) is 2. The van der Waals surface area contributed by atoms with Crippen LogP contribution in [-0.4, -0.2) is 31.8 Å². The standard InChI is InChI=1S/C9H15F2N3OS/c1-7(16(2)15)5-12-6-8-13-3-4-14(8)9(10)11/h3-4,7,9,12H,5-6H2,1-2H3. The van der Waals surface area contributed by atoms with Crippen LogP contribution in [0.5, 0.6) is 0 Å². The Balaban J connectivity index is 2.43. The fraction of sp³-hybridized carbons (Fsp3) is 0.667. The van der Waals surface area contributed by atoms with E-state index in [-0.39, 0.29) is 17.6 Å². The van der Waals surface area contributed by atoms with Crippen LogP contribution in [0.15, 0.2) is 12.4 Å². The summed E-state index contributed by atoms with van der Waals surface area (Å²) in [6, 6.07) is 0. The monoisotopic (exact) mass is 251 g/mol. The molecule has 0 saturated heterocycles. The number of aromatic nitrogens is 2. The summed E-state index contributed by atoms with van der Waals surface area (Å²) in [7, 11) is -0.911. The quantitative estimate of drug-likeness (QED) is 0.824. The normalized spacial score (nSPS) is 15.3. The predicted octanol–water partition coefficient (Wildman–Crippen LogP) is 1.13. The van der Waals surface area contributed by atoms with Gasteiger partial charge in [0.05, 0.1) is 6.54 Å². The Kier molecular flexibility index (Phi) is 5.01. The molecule has 4 nitrogen and oxygen atoms in total. The summed E-state index contributed by atoms with van der Waals surface area (Å²) in [5.74, 6) is 0.282. The van der Waals surface area contributed by atoms with E-state index in [1.54, 1.807) is 6.26 Å². The highest BCUT2D eigenvalue weighted by molar-refractivity contribution is 7.84. The van der Waals surface area contributed by atoms with Crippen LogP contribution < -0.4 is 5.32 Å². The molecule has 0 aliphatic heterocycles. The van der Waals surface area contributed by atoms with Crippen molar-refractivity contribution in [2.75, 3.05) is 12.8 Å². The highest BCUT2D eigenvalue weighted by Crippen LogP contribution is 2.11. The minimum atomic E-state index is -2.57. The number of rotatable bonds is 6. The molecule has 7 heteroatoms. The second-order valence-corrected chi connectivity index (χ2v) is 5.27. The first-order valence-electron chi connectivity index (χ1n) is 4.85. The SMILES string of the molecule is CC(CNCc1nccn1C(F)F)S(C)=O. The van der Waals surface area contributed by atoms with E-state index in [1.807, 2.05) is 6.92 Å². The fourth-order valence-electron chi connectivity index (χ4n) is 1.16. The zero-order chi connectivity index (χ0) is 12.1. The van der Waals surface area contributed by atoms with Gasteiger partial charge >= 0.3 is 6.55 Å². The van der Waals surface area contributed by atoms with E-state index in [2.05, 4.69) is 10.3 Å². The smallest absolute Gasteiger partial charge is 0.309 e. The molecule has 1 N–H and O–H groups in total. The van der Waals surface area contributed by atoms with Crippen LogP contribution in [0, 0.1) is 0 Å². The minimum Gasteiger partial charge on any atom is -0.309 e. The molecule has 1 aromatic rings. The number of hydrogen-bond donors (Lipinski definition) is 1. The van der Waals surface area contributed by atoms with Gasteiger partial charge in [0.15, 0.2) is 0 Å². The van der Waals surface area contributed by atoms with Crippen molar-refractivity contribution in [3.8, 4) is 0 Å². The summed E-state index contributed by atoms with van der Waals surface area (Å²) in [5.41, 5.74) is 0.